The summed E-state index contributed by atoms with van der Waals surface area (Å²) in [5.74, 6) is 1.49. The molecule has 0 saturated carbocycles. The maximum atomic E-state index is 12.7. The minimum atomic E-state index is -0.107. The molecule has 4 heterocycles. The number of nitrogens with zero attached hydrogens (tertiary/aromatic N) is 1. The van der Waals surface area contributed by atoms with Crippen LogP contribution in [0.3, 0.4) is 0 Å². The minimum absolute atomic E-state index is 0.0241. The molecular weight excluding hydrogens is 354 g/mol. The third-order valence-electron chi connectivity index (χ3n) is 4.13. The largest absolute Gasteiger partial charge is 0.468 e. The molecule has 0 aliphatic heterocycles. The molecule has 2 N–H and O–H groups in total. The van der Waals surface area contributed by atoms with Crippen LogP contribution in [0.5, 0.6) is 0 Å². The molecule has 0 fully saturated rings. The van der Waals surface area contributed by atoms with Crippen LogP contribution in [0, 0.1) is 0 Å². The monoisotopic (exact) mass is 371 g/mol. The Labute approximate surface area is 152 Å². The van der Waals surface area contributed by atoms with E-state index in [9.17, 15) is 4.79 Å². The highest BCUT2D eigenvalue weighted by Gasteiger charge is 2.18. The lowest BCUT2D eigenvalue weighted by molar-refractivity contribution is 0.396. The molecule has 0 amide bonds. The van der Waals surface area contributed by atoms with Crippen molar-refractivity contribution in [1.29, 1.82) is 0 Å². The number of H-pyrrole nitrogens is 1. The van der Waals surface area contributed by atoms with Gasteiger partial charge in [-0.15, -0.1) is 22.7 Å². The first kappa shape index (κ1) is 16.3. The molecule has 2 atom stereocenters. The fourth-order valence-electron chi connectivity index (χ4n) is 2.86. The molecule has 128 valence electrons. The molecule has 5 nitrogen and oxygen atoms in total. The van der Waals surface area contributed by atoms with E-state index in [1.165, 1.54) is 11.3 Å². The smallest absolute Gasteiger partial charge is 0.260 e. The molecule has 7 heteroatoms. The summed E-state index contributed by atoms with van der Waals surface area (Å²) in [7, 11) is 0. The molecule has 0 aliphatic rings. The Balaban J connectivity index is 1.66. The first-order chi connectivity index (χ1) is 12.1. The van der Waals surface area contributed by atoms with Crippen LogP contribution in [0.15, 0.2) is 50.5 Å². The second-order valence-corrected chi connectivity index (χ2v) is 7.69. The van der Waals surface area contributed by atoms with E-state index >= 15 is 0 Å². The SMILES string of the molecule is C[C@H](N[C@@H](C)c1ccco1)c1nc2scc(-c3cccs3)c2c(=O)[nH]1. The van der Waals surface area contributed by atoms with Crippen molar-refractivity contribution >= 4 is 32.9 Å². The topological polar surface area (TPSA) is 70.9 Å². The maximum absolute atomic E-state index is 12.7. The molecule has 0 saturated heterocycles. The number of fused-ring (bicyclic) bond motifs is 1. The van der Waals surface area contributed by atoms with E-state index in [2.05, 4.69) is 15.3 Å². The number of rotatable bonds is 5. The zero-order valence-electron chi connectivity index (χ0n) is 13.8. The van der Waals surface area contributed by atoms with Crippen molar-refractivity contribution in [3.63, 3.8) is 0 Å². The average Bonchev–Trinajstić information content (AvgIpc) is 3.34. The molecule has 25 heavy (non-hydrogen) atoms. The second-order valence-electron chi connectivity index (χ2n) is 5.88. The highest BCUT2D eigenvalue weighted by atomic mass is 32.1. The molecule has 0 aliphatic carbocycles. The maximum Gasteiger partial charge on any atom is 0.260 e. The summed E-state index contributed by atoms with van der Waals surface area (Å²) in [6, 6.07) is 7.72. The fraction of sp³-hybridized carbons (Fsp3) is 0.222. The summed E-state index contributed by atoms with van der Waals surface area (Å²) in [5.41, 5.74) is 0.865. The summed E-state index contributed by atoms with van der Waals surface area (Å²) in [5, 5.41) is 8.09. The standard InChI is InChI=1S/C18H17N3O2S2/c1-10(13-5-3-7-23-13)19-11(2)16-20-17(22)15-12(9-25-18(15)21-16)14-6-4-8-24-14/h3-11,19H,1-2H3,(H,20,21,22)/t10-,11-/m0/s1. The first-order valence-electron chi connectivity index (χ1n) is 7.98. The van der Waals surface area contributed by atoms with E-state index < -0.39 is 0 Å². The van der Waals surface area contributed by atoms with Crippen LogP contribution in [0.4, 0.5) is 0 Å². The average molecular weight is 371 g/mol. The van der Waals surface area contributed by atoms with Crippen molar-refractivity contribution in [2.24, 2.45) is 0 Å². The predicted molar refractivity (Wildman–Crippen MR) is 102 cm³/mol. The van der Waals surface area contributed by atoms with Crippen molar-refractivity contribution in [3.8, 4) is 10.4 Å². The Hall–Kier alpha value is -2.22. The third-order valence-corrected chi connectivity index (χ3v) is 5.90. The lowest BCUT2D eigenvalue weighted by Gasteiger charge is -2.17. The van der Waals surface area contributed by atoms with Crippen LogP contribution in [0.2, 0.25) is 0 Å². The van der Waals surface area contributed by atoms with Gasteiger partial charge in [0, 0.05) is 15.8 Å². The van der Waals surface area contributed by atoms with Gasteiger partial charge >= 0.3 is 0 Å². The summed E-state index contributed by atoms with van der Waals surface area (Å²) in [6.45, 7) is 4.00. The van der Waals surface area contributed by atoms with Gasteiger partial charge in [0.1, 0.15) is 16.4 Å². The predicted octanol–water partition coefficient (Wildman–Crippen LogP) is 4.72. The molecule has 4 aromatic heterocycles. The van der Waals surface area contributed by atoms with Crippen molar-refractivity contribution in [2.45, 2.75) is 25.9 Å². The summed E-state index contributed by atoms with van der Waals surface area (Å²) in [6.07, 6.45) is 1.65. The van der Waals surface area contributed by atoms with Crippen LogP contribution in [0.1, 0.15) is 37.5 Å². The van der Waals surface area contributed by atoms with Crippen molar-refractivity contribution in [3.05, 3.63) is 63.2 Å². The van der Waals surface area contributed by atoms with E-state index in [4.69, 9.17) is 4.42 Å². The van der Waals surface area contributed by atoms with Crippen molar-refractivity contribution < 1.29 is 4.42 Å². The van der Waals surface area contributed by atoms with Crippen LogP contribution in [-0.4, -0.2) is 9.97 Å². The highest BCUT2D eigenvalue weighted by Crippen LogP contribution is 2.33. The number of furan rings is 1. The molecular formula is C18H17N3O2S2. The highest BCUT2D eigenvalue weighted by molar-refractivity contribution is 7.18. The van der Waals surface area contributed by atoms with Gasteiger partial charge in [0.15, 0.2) is 0 Å². The molecule has 4 aromatic rings. The zero-order chi connectivity index (χ0) is 17.4. The first-order valence-corrected chi connectivity index (χ1v) is 9.74. The van der Waals surface area contributed by atoms with E-state index in [1.54, 1.807) is 17.6 Å². The van der Waals surface area contributed by atoms with Crippen LogP contribution in [-0.2, 0) is 0 Å². The van der Waals surface area contributed by atoms with Crippen molar-refractivity contribution in [1.82, 2.24) is 15.3 Å². The van der Waals surface area contributed by atoms with Crippen LogP contribution in [0.25, 0.3) is 20.7 Å². The summed E-state index contributed by atoms with van der Waals surface area (Å²) >= 11 is 3.13. The van der Waals surface area contributed by atoms with E-state index in [-0.39, 0.29) is 17.6 Å². The Bertz CT molecular complexity index is 1030. The molecule has 4 rings (SSSR count). The van der Waals surface area contributed by atoms with Gasteiger partial charge in [-0.1, -0.05) is 6.07 Å². The van der Waals surface area contributed by atoms with Crippen molar-refractivity contribution in [2.75, 3.05) is 0 Å². The van der Waals surface area contributed by atoms with Gasteiger partial charge in [-0.05, 0) is 37.4 Å². The number of aromatic amines is 1. The van der Waals surface area contributed by atoms with E-state index in [1.807, 2.05) is 48.9 Å². The lowest BCUT2D eigenvalue weighted by Crippen LogP contribution is -2.26. The van der Waals surface area contributed by atoms with Crippen LogP contribution < -0.4 is 10.9 Å². The number of thiophene rings is 2. The van der Waals surface area contributed by atoms with E-state index in [0.29, 0.717) is 11.2 Å². The van der Waals surface area contributed by atoms with Gasteiger partial charge in [0.25, 0.3) is 5.56 Å². The molecule has 0 radical (unpaired) electrons. The van der Waals surface area contributed by atoms with Crippen LogP contribution >= 0.6 is 22.7 Å². The van der Waals surface area contributed by atoms with Gasteiger partial charge in [-0.3, -0.25) is 10.1 Å². The molecule has 0 aromatic carbocycles. The fourth-order valence-corrected chi connectivity index (χ4v) is 4.63. The quantitative estimate of drug-likeness (QED) is 0.533. The third kappa shape index (κ3) is 3.06. The summed E-state index contributed by atoms with van der Waals surface area (Å²) < 4.78 is 5.42. The Morgan fingerprint density at radius 3 is 2.80 bits per heavy atom. The number of nitrogens with one attached hydrogen (secondary N) is 2. The normalized spacial score (nSPS) is 14.0. The van der Waals surface area contributed by atoms with E-state index in [0.717, 1.165) is 21.0 Å². The lowest BCUT2D eigenvalue weighted by atomic mass is 10.2. The van der Waals surface area contributed by atoms with Gasteiger partial charge < -0.3 is 9.40 Å². The van der Waals surface area contributed by atoms with Gasteiger partial charge in [0.05, 0.1) is 23.7 Å². The molecule has 0 bridgehead atoms. The Kier molecular flexibility index (Phi) is 4.29. The number of hydrogen-bond acceptors (Lipinski definition) is 6. The molecule has 0 unspecified atom stereocenters. The number of aromatic nitrogens is 2. The Morgan fingerprint density at radius 1 is 1.20 bits per heavy atom. The minimum Gasteiger partial charge on any atom is -0.468 e. The van der Waals surface area contributed by atoms with Gasteiger partial charge in [0.2, 0.25) is 0 Å². The van der Waals surface area contributed by atoms with Gasteiger partial charge in [-0.2, -0.15) is 0 Å². The number of hydrogen-bond donors (Lipinski definition) is 2. The van der Waals surface area contributed by atoms with Gasteiger partial charge in [-0.25, -0.2) is 4.98 Å². The molecule has 0 spiro atoms. The summed E-state index contributed by atoms with van der Waals surface area (Å²) in [4.78, 5) is 22.1. The zero-order valence-corrected chi connectivity index (χ0v) is 15.4. The Morgan fingerprint density at radius 2 is 2.08 bits per heavy atom. The second kappa shape index (κ2) is 6.59.